The SMILES string of the molecule is [B]c1cc(C)c(Nc2cc(O)c([B])c(F)c2S)c(C=O)c1. The molecule has 3 nitrogen and oxygen atoms in total. The molecule has 0 saturated heterocycles. The van der Waals surface area contributed by atoms with Crippen molar-refractivity contribution in [2.45, 2.75) is 11.8 Å². The van der Waals surface area contributed by atoms with Crippen LogP contribution in [-0.4, -0.2) is 27.1 Å². The summed E-state index contributed by atoms with van der Waals surface area (Å²) < 4.78 is 13.8. The molecule has 0 aromatic heterocycles. The van der Waals surface area contributed by atoms with Crippen molar-refractivity contribution in [3.8, 4) is 5.75 Å². The molecular formula is C14H10B2FNO2S. The van der Waals surface area contributed by atoms with E-state index >= 15 is 0 Å². The van der Waals surface area contributed by atoms with Crippen LogP contribution in [0.1, 0.15) is 15.9 Å². The highest BCUT2D eigenvalue weighted by Gasteiger charge is 2.14. The number of carbonyl (C=O) groups excluding carboxylic acids is 1. The van der Waals surface area contributed by atoms with E-state index in [1.165, 1.54) is 12.1 Å². The zero-order valence-electron chi connectivity index (χ0n) is 11.1. The van der Waals surface area contributed by atoms with Crippen LogP contribution in [0.25, 0.3) is 0 Å². The Labute approximate surface area is 129 Å². The van der Waals surface area contributed by atoms with Gasteiger partial charge < -0.3 is 10.4 Å². The lowest BCUT2D eigenvalue weighted by atomic mass is 9.91. The Kier molecular flexibility index (Phi) is 4.32. The molecule has 4 radical (unpaired) electrons. The molecule has 0 aliphatic rings. The fourth-order valence-corrected chi connectivity index (χ4v) is 2.22. The predicted molar refractivity (Wildman–Crippen MR) is 85.9 cm³/mol. The number of rotatable bonds is 3. The van der Waals surface area contributed by atoms with Crippen LogP contribution in [0, 0.1) is 12.7 Å². The number of phenolic OH excluding ortho intramolecular Hbond substituents is 1. The number of halogens is 1. The highest BCUT2D eigenvalue weighted by Crippen LogP contribution is 2.31. The van der Waals surface area contributed by atoms with Crippen LogP contribution in [0.5, 0.6) is 5.75 Å². The van der Waals surface area contributed by atoms with Crippen LogP contribution in [0.15, 0.2) is 23.1 Å². The monoisotopic (exact) mass is 297 g/mol. The van der Waals surface area contributed by atoms with Crippen molar-refractivity contribution in [3.05, 3.63) is 35.1 Å². The van der Waals surface area contributed by atoms with Crippen LogP contribution in [0.3, 0.4) is 0 Å². The van der Waals surface area contributed by atoms with Gasteiger partial charge in [0.25, 0.3) is 0 Å². The summed E-state index contributed by atoms with van der Waals surface area (Å²) in [5.41, 5.74) is 1.72. The molecular weight excluding hydrogens is 287 g/mol. The van der Waals surface area contributed by atoms with Crippen LogP contribution >= 0.6 is 12.6 Å². The van der Waals surface area contributed by atoms with Crippen LogP contribution < -0.4 is 16.2 Å². The number of hydrogen-bond acceptors (Lipinski definition) is 4. The van der Waals surface area contributed by atoms with Gasteiger partial charge in [0, 0.05) is 11.6 Å². The minimum absolute atomic E-state index is 0.0571. The maximum Gasteiger partial charge on any atom is 0.152 e. The van der Waals surface area contributed by atoms with E-state index in [4.69, 9.17) is 15.7 Å². The molecule has 0 aliphatic heterocycles. The number of hydrogen-bond donors (Lipinski definition) is 3. The zero-order valence-corrected chi connectivity index (χ0v) is 12.0. The normalized spacial score (nSPS) is 10.4. The largest absolute Gasteiger partial charge is 0.508 e. The van der Waals surface area contributed by atoms with Crippen molar-refractivity contribution in [3.63, 3.8) is 0 Å². The highest BCUT2D eigenvalue weighted by atomic mass is 32.1. The number of carbonyl (C=O) groups is 1. The smallest absolute Gasteiger partial charge is 0.152 e. The molecule has 7 heteroatoms. The lowest BCUT2D eigenvalue weighted by molar-refractivity contribution is 0.112. The average Bonchev–Trinajstić information content (AvgIpc) is 2.44. The van der Waals surface area contributed by atoms with E-state index in [0.717, 1.165) is 0 Å². The number of anilines is 2. The van der Waals surface area contributed by atoms with Crippen molar-refractivity contribution < 1.29 is 14.3 Å². The molecule has 0 fully saturated rings. The first-order valence-electron chi connectivity index (χ1n) is 5.97. The number of nitrogens with one attached hydrogen (secondary N) is 1. The molecule has 0 saturated carbocycles. The van der Waals surface area contributed by atoms with Gasteiger partial charge in [0.15, 0.2) is 6.29 Å². The van der Waals surface area contributed by atoms with Crippen molar-refractivity contribution in [2.75, 3.05) is 5.32 Å². The van der Waals surface area contributed by atoms with Crippen LogP contribution in [0.2, 0.25) is 0 Å². The van der Waals surface area contributed by atoms with Gasteiger partial charge in [-0.3, -0.25) is 4.79 Å². The van der Waals surface area contributed by atoms with Crippen LogP contribution in [0.4, 0.5) is 15.8 Å². The molecule has 2 aromatic carbocycles. The third-order valence-corrected chi connectivity index (χ3v) is 3.47. The molecule has 0 atom stereocenters. The molecule has 0 unspecified atom stereocenters. The van der Waals surface area contributed by atoms with Gasteiger partial charge in [-0.1, -0.05) is 17.6 Å². The maximum absolute atomic E-state index is 13.8. The van der Waals surface area contributed by atoms with Crippen LogP contribution in [-0.2, 0) is 0 Å². The third-order valence-electron chi connectivity index (χ3n) is 3.03. The lowest BCUT2D eigenvalue weighted by Gasteiger charge is -2.16. The molecule has 0 spiro atoms. The van der Waals surface area contributed by atoms with E-state index in [1.54, 1.807) is 13.0 Å². The molecule has 21 heavy (non-hydrogen) atoms. The van der Waals surface area contributed by atoms with Crippen molar-refractivity contribution >= 4 is 56.9 Å². The number of aldehydes is 1. The topological polar surface area (TPSA) is 49.3 Å². The number of aryl methyl sites for hydroxylation is 1. The van der Waals surface area contributed by atoms with Gasteiger partial charge in [-0.15, -0.1) is 12.6 Å². The molecule has 2 aromatic rings. The number of thiol groups is 1. The van der Waals surface area contributed by atoms with Gasteiger partial charge >= 0.3 is 0 Å². The van der Waals surface area contributed by atoms with E-state index in [-0.39, 0.29) is 16.0 Å². The van der Waals surface area contributed by atoms with E-state index in [9.17, 15) is 14.3 Å². The van der Waals surface area contributed by atoms with Crippen molar-refractivity contribution in [1.29, 1.82) is 0 Å². The molecule has 0 bridgehead atoms. The summed E-state index contributed by atoms with van der Waals surface area (Å²) >= 11 is 4.03. The summed E-state index contributed by atoms with van der Waals surface area (Å²) in [5, 5.41) is 12.5. The lowest BCUT2D eigenvalue weighted by Crippen LogP contribution is -2.13. The van der Waals surface area contributed by atoms with E-state index < -0.39 is 11.6 Å². The minimum Gasteiger partial charge on any atom is -0.508 e. The summed E-state index contributed by atoms with van der Waals surface area (Å²) in [4.78, 5) is 11.1. The van der Waals surface area contributed by atoms with Gasteiger partial charge in [-0.05, 0) is 17.9 Å². The molecule has 0 heterocycles. The van der Waals surface area contributed by atoms with Crippen molar-refractivity contribution in [2.24, 2.45) is 0 Å². The molecule has 102 valence electrons. The quantitative estimate of drug-likeness (QED) is 0.454. The number of benzene rings is 2. The van der Waals surface area contributed by atoms with Crippen molar-refractivity contribution in [1.82, 2.24) is 0 Å². The van der Waals surface area contributed by atoms with Gasteiger partial charge in [0.1, 0.15) is 27.3 Å². The fourth-order valence-electron chi connectivity index (χ4n) is 1.98. The molecule has 2 N–H and O–H groups in total. The number of aromatic hydroxyl groups is 1. The first-order chi connectivity index (χ1) is 9.85. The highest BCUT2D eigenvalue weighted by molar-refractivity contribution is 7.80. The van der Waals surface area contributed by atoms with E-state index in [2.05, 4.69) is 17.9 Å². The Morgan fingerprint density at radius 2 is 2.00 bits per heavy atom. The standard InChI is InChI=1S/C14H10B2FNO2S/c1-6-2-8(15)3-7(5-19)13(6)18-9-4-10(20)11(16)12(17)14(9)21/h2-5,18,20-21H,1H3. The Bertz CT molecular complexity index is 738. The summed E-state index contributed by atoms with van der Waals surface area (Å²) in [5.74, 6) is -1.24. The third kappa shape index (κ3) is 2.93. The van der Waals surface area contributed by atoms with E-state index in [0.29, 0.717) is 28.6 Å². The van der Waals surface area contributed by atoms with Gasteiger partial charge in [0.05, 0.1) is 16.3 Å². The summed E-state index contributed by atoms with van der Waals surface area (Å²) in [6, 6.07) is 4.40. The van der Waals surface area contributed by atoms with E-state index in [1.807, 2.05) is 0 Å². The van der Waals surface area contributed by atoms with Gasteiger partial charge in [-0.2, -0.15) is 0 Å². The summed E-state index contributed by atoms with van der Waals surface area (Å²) in [6.45, 7) is 1.75. The average molecular weight is 297 g/mol. The Hall–Kier alpha value is -1.88. The van der Waals surface area contributed by atoms with Gasteiger partial charge in [-0.25, -0.2) is 4.39 Å². The second-order valence-corrected chi connectivity index (χ2v) is 5.01. The molecule has 2 rings (SSSR count). The van der Waals surface area contributed by atoms with Gasteiger partial charge in [0.2, 0.25) is 0 Å². The first-order valence-corrected chi connectivity index (χ1v) is 6.42. The Morgan fingerprint density at radius 3 is 2.62 bits per heavy atom. The Balaban J connectivity index is 2.56. The second-order valence-electron chi connectivity index (χ2n) is 4.56. The maximum atomic E-state index is 13.8. The second kappa shape index (κ2) is 5.85. The number of phenols is 1. The summed E-state index contributed by atoms with van der Waals surface area (Å²) in [7, 11) is 11.1. The predicted octanol–water partition coefficient (Wildman–Crippen LogP) is 1.27. The Morgan fingerprint density at radius 1 is 1.33 bits per heavy atom. The first kappa shape index (κ1) is 15.5. The summed E-state index contributed by atoms with van der Waals surface area (Å²) in [6.07, 6.45) is 0.636. The fraction of sp³-hybridized carbons (Fsp3) is 0.0714. The molecule has 0 amide bonds. The molecule has 0 aliphatic carbocycles. The minimum atomic E-state index is -0.832. The zero-order chi connectivity index (χ0) is 15.7.